The maximum Gasteiger partial charge on any atom is 0.329 e. The van der Waals surface area contributed by atoms with Crippen molar-refractivity contribution in [1.29, 1.82) is 0 Å². The molecule has 11 heteroatoms. The summed E-state index contributed by atoms with van der Waals surface area (Å²) in [7, 11) is -8.35. The quantitative estimate of drug-likeness (QED) is 0.0380. The van der Waals surface area contributed by atoms with Crippen molar-refractivity contribution in [2.24, 2.45) is 0 Å². The van der Waals surface area contributed by atoms with Crippen LogP contribution < -0.4 is 9.47 Å². The molecule has 0 bridgehead atoms. The average molecular weight is 1280 g/mol. The second-order valence-corrected chi connectivity index (χ2v) is 31.8. The van der Waals surface area contributed by atoms with Gasteiger partial charge in [0.2, 0.25) is 0 Å². The van der Waals surface area contributed by atoms with E-state index in [9.17, 15) is 28.7 Å². The Morgan fingerprint density at radius 1 is 0.306 bits per heavy atom. The first kappa shape index (κ1) is 83.8. The Morgan fingerprint density at radius 2 is 0.482 bits per heavy atom. The minimum absolute atomic E-state index is 0. The standard InChI is InChI=1S/2C37H69O4P.Co/c2*1-8-11-12-13-14-15-16-17-18-19-20-21-22-23-24-25-28-41-35-33(36(4,5)26-9-2)29-32(31-42(38,39)40)30-34(35)37(6,7)27-10-3;/h2*29-30H,8-28,31H2,1-7H3,(H2,38,39,40);. The Labute approximate surface area is 537 Å². The third-order valence-electron chi connectivity index (χ3n) is 18.0. The van der Waals surface area contributed by atoms with Crippen molar-refractivity contribution in [2.45, 2.75) is 388 Å². The van der Waals surface area contributed by atoms with Crippen molar-refractivity contribution >= 4 is 15.2 Å². The van der Waals surface area contributed by atoms with Gasteiger partial charge in [-0.15, -0.1) is 0 Å². The first-order valence-electron chi connectivity index (χ1n) is 35.5. The summed E-state index contributed by atoms with van der Waals surface area (Å²) in [5.74, 6) is 1.92. The molecule has 85 heavy (non-hydrogen) atoms. The molecule has 0 aliphatic rings. The topological polar surface area (TPSA) is 134 Å². The molecule has 0 fully saturated rings. The molecule has 0 heterocycles. The van der Waals surface area contributed by atoms with Crippen LogP contribution in [0.5, 0.6) is 11.5 Å². The second kappa shape index (κ2) is 46.8. The van der Waals surface area contributed by atoms with Gasteiger partial charge in [-0.25, -0.2) is 0 Å². The first-order valence-corrected chi connectivity index (χ1v) is 39.1. The minimum Gasteiger partial charge on any atom is -0.493 e. The van der Waals surface area contributed by atoms with Crippen LogP contribution in [0.1, 0.15) is 387 Å². The van der Waals surface area contributed by atoms with Gasteiger partial charge in [0.25, 0.3) is 0 Å². The van der Waals surface area contributed by atoms with Gasteiger partial charge in [-0.2, -0.15) is 0 Å². The fourth-order valence-electron chi connectivity index (χ4n) is 13.0. The van der Waals surface area contributed by atoms with E-state index in [-0.39, 0.29) is 50.8 Å². The van der Waals surface area contributed by atoms with E-state index in [1.54, 1.807) is 0 Å². The van der Waals surface area contributed by atoms with Crippen molar-refractivity contribution in [1.82, 2.24) is 0 Å². The Bertz CT molecular complexity index is 1850. The van der Waals surface area contributed by atoms with Gasteiger partial charge in [-0.1, -0.05) is 340 Å². The average Bonchev–Trinajstić information content (AvgIpc) is 1.17. The number of ether oxygens (including phenoxy) is 2. The van der Waals surface area contributed by atoms with Gasteiger partial charge in [0, 0.05) is 39.0 Å². The zero-order valence-electron chi connectivity index (χ0n) is 58.1. The molecule has 2 aromatic rings. The van der Waals surface area contributed by atoms with Crippen molar-refractivity contribution in [3.8, 4) is 11.5 Å². The number of hydrogen-bond acceptors (Lipinski definition) is 4. The summed E-state index contributed by atoms with van der Waals surface area (Å²) in [5, 5.41) is 0. The predicted octanol–water partition coefficient (Wildman–Crippen LogP) is 24.3. The van der Waals surface area contributed by atoms with Crippen LogP contribution in [0.2, 0.25) is 0 Å². The Balaban J connectivity index is 0.00000164. The zero-order chi connectivity index (χ0) is 63.0. The van der Waals surface area contributed by atoms with Crippen LogP contribution in [0.25, 0.3) is 0 Å². The molecule has 4 N–H and O–H groups in total. The summed E-state index contributed by atoms with van der Waals surface area (Å²) in [6.45, 7) is 32.7. The molecule has 0 aliphatic carbocycles. The first-order chi connectivity index (χ1) is 39.8. The minimum atomic E-state index is -4.17. The van der Waals surface area contributed by atoms with Gasteiger partial charge in [-0.05, 0) is 71.3 Å². The van der Waals surface area contributed by atoms with Crippen molar-refractivity contribution in [3.63, 3.8) is 0 Å². The number of unbranched alkanes of at least 4 members (excludes halogenated alkanes) is 30. The van der Waals surface area contributed by atoms with E-state index >= 15 is 0 Å². The predicted molar refractivity (Wildman–Crippen MR) is 366 cm³/mol. The van der Waals surface area contributed by atoms with Crippen LogP contribution in [0.15, 0.2) is 24.3 Å². The maximum atomic E-state index is 12.0. The molecule has 1 radical (unpaired) electrons. The van der Waals surface area contributed by atoms with Crippen LogP contribution in [0.3, 0.4) is 0 Å². The summed E-state index contributed by atoms with van der Waals surface area (Å²) in [6.07, 6.45) is 51.0. The zero-order valence-corrected chi connectivity index (χ0v) is 60.9. The summed E-state index contributed by atoms with van der Waals surface area (Å²) >= 11 is 0. The monoisotopic (exact) mass is 1280 g/mol. The molecule has 0 atom stereocenters. The van der Waals surface area contributed by atoms with Gasteiger partial charge in [-0.3, -0.25) is 9.13 Å². The van der Waals surface area contributed by atoms with Crippen molar-refractivity contribution in [2.75, 3.05) is 13.2 Å². The molecule has 501 valence electrons. The van der Waals surface area contributed by atoms with Crippen LogP contribution in [-0.4, -0.2) is 32.8 Å². The van der Waals surface area contributed by atoms with Crippen LogP contribution in [0, 0.1) is 0 Å². The molecular weight excluding hydrogens is 1140 g/mol. The number of rotatable bonds is 52. The molecule has 2 aromatic carbocycles. The summed E-state index contributed by atoms with van der Waals surface area (Å²) in [5.41, 5.74) is 5.30. The molecule has 0 amide bonds. The third-order valence-corrected chi connectivity index (χ3v) is 19.5. The third kappa shape index (κ3) is 38.3. The molecule has 2 rings (SSSR count). The van der Waals surface area contributed by atoms with Crippen LogP contribution in [0.4, 0.5) is 0 Å². The number of hydrogen-bond donors (Lipinski definition) is 4. The molecule has 0 saturated heterocycles. The Hall–Kier alpha value is -1.15. The van der Waals surface area contributed by atoms with E-state index in [2.05, 4.69) is 96.9 Å². The van der Waals surface area contributed by atoms with Gasteiger partial charge in [0.15, 0.2) is 0 Å². The molecule has 0 unspecified atom stereocenters. The van der Waals surface area contributed by atoms with Crippen LogP contribution in [-0.2, 0) is 59.9 Å². The van der Waals surface area contributed by atoms with Crippen molar-refractivity contribution in [3.05, 3.63) is 57.6 Å². The fraction of sp³-hybridized carbons (Fsp3) is 0.838. The molecular formula is C74H138CoO8P2. The van der Waals surface area contributed by atoms with E-state index in [0.717, 1.165) is 109 Å². The van der Waals surface area contributed by atoms with E-state index in [1.807, 2.05) is 24.3 Å². The normalized spacial score (nSPS) is 12.5. The summed E-state index contributed by atoms with van der Waals surface area (Å²) in [4.78, 5) is 39.1. The molecule has 0 spiro atoms. The van der Waals surface area contributed by atoms with Crippen molar-refractivity contribution < 1.29 is 55.0 Å². The maximum absolute atomic E-state index is 12.0. The molecule has 8 nitrogen and oxygen atoms in total. The molecule has 0 aromatic heterocycles. The van der Waals surface area contributed by atoms with E-state index in [4.69, 9.17) is 9.47 Å². The van der Waals surface area contributed by atoms with E-state index in [1.165, 1.54) is 193 Å². The SMILES string of the molecule is CCCCCCCCCCCCCCCCCCOc1c(C(C)(C)CCC)cc(CP(=O)(O)O)cc1C(C)(C)CCC.CCCCCCCCCCCCCCCCCCOc1c(C(C)(C)CCC)cc(CP(=O)(O)O)cc1C(C)(C)CCC.[Co]. The number of benzene rings is 2. The van der Waals surface area contributed by atoms with Crippen LogP contribution >= 0.6 is 15.2 Å². The fourth-order valence-corrected chi connectivity index (χ4v) is 14.4. The molecule has 0 aliphatic heterocycles. The summed E-state index contributed by atoms with van der Waals surface area (Å²) in [6, 6.07) is 8.07. The van der Waals surface area contributed by atoms with Gasteiger partial charge < -0.3 is 29.0 Å². The Morgan fingerprint density at radius 3 is 0.647 bits per heavy atom. The largest absolute Gasteiger partial charge is 0.493 e. The Kier molecular flexibility index (Phi) is 46.2. The molecule has 0 saturated carbocycles. The van der Waals surface area contributed by atoms with Gasteiger partial charge in [0.05, 0.1) is 25.5 Å². The van der Waals surface area contributed by atoms with E-state index < -0.39 is 15.2 Å². The van der Waals surface area contributed by atoms with Gasteiger partial charge in [0.1, 0.15) is 11.5 Å². The smallest absolute Gasteiger partial charge is 0.329 e. The van der Waals surface area contributed by atoms with Gasteiger partial charge >= 0.3 is 15.2 Å². The van der Waals surface area contributed by atoms with E-state index in [0.29, 0.717) is 13.2 Å². The second-order valence-electron chi connectivity index (χ2n) is 28.5. The summed E-state index contributed by atoms with van der Waals surface area (Å²) < 4.78 is 37.2.